The number of amides is 3. The molecule has 286 valence electrons. The van der Waals surface area contributed by atoms with Gasteiger partial charge in [-0.05, 0) is 44.9 Å². The Bertz CT molecular complexity index is 1610. The predicted molar refractivity (Wildman–Crippen MR) is 194 cm³/mol. The van der Waals surface area contributed by atoms with E-state index in [0.717, 1.165) is 11.1 Å². The van der Waals surface area contributed by atoms with Gasteiger partial charge in [-0.15, -0.1) is 4.91 Å². The molecule has 2 saturated heterocycles. The topological polar surface area (TPSA) is 186 Å². The van der Waals surface area contributed by atoms with Crippen molar-refractivity contribution >= 4 is 53.1 Å². The zero-order chi connectivity index (χ0) is 38.5. The van der Waals surface area contributed by atoms with Crippen LogP contribution in [-0.2, 0) is 39.8 Å². The third-order valence-corrected chi connectivity index (χ3v) is 10.9. The molecule has 0 spiro atoms. The quantitative estimate of drug-likeness (QED) is 0.119. The number of methoxy groups -OCH3 is 2. The number of allylic oxidation sites excluding steroid dienone is 3. The molecule has 1 aromatic rings. The minimum absolute atomic E-state index is 0.0305. The molecule has 3 heterocycles. The van der Waals surface area contributed by atoms with E-state index < -0.39 is 71.6 Å². The molecule has 4 rings (SSSR count). The van der Waals surface area contributed by atoms with Gasteiger partial charge in [0.2, 0.25) is 11.8 Å². The molecular formula is C35H47ClN4O11S. The van der Waals surface area contributed by atoms with Gasteiger partial charge in [0.05, 0.1) is 25.3 Å². The number of esters is 1. The van der Waals surface area contributed by atoms with Gasteiger partial charge in [-0.2, -0.15) is 0 Å². The fraction of sp³-hybridized carbons (Fsp3) is 0.600. The number of nitroso groups, excluding NO2 is 1. The lowest BCUT2D eigenvalue weighted by Gasteiger charge is -2.42. The molecule has 3 amide bonds. The van der Waals surface area contributed by atoms with Crippen molar-refractivity contribution in [3.05, 3.63) is 51.4 Å². The summed E-state index contributed by atoms with van der Waals surface area (Å²) < 4.78 is 31.7. The van der Waals surface area contributed by atoms with Crippen LogP contribution in [0.2, 0.25) is 5.02 Å². The standard InChI is InChI=1S/C35H47ClN4O11S/c1-19-10-9-11-26(48-8)35(45)18-25(49-33(44)37-35)20(2)31-34(4,51-31)27(50-32(43)21(3)39(5)28(41)12-13-52-38-46)17-29(42)40(6)23-15-22(14-19)16-24(47-7)30(23)36/h9-11,15-16,20-21,25-27,31,45H,12-14,17-18H2,1-8H3,(H,37,44)/b11-9-,19-10+/t20-,21+,25+,26-,27-,31?,34+,35+/m1/s1. The second-order valence-electron chi connectivity index (χ2n) is 13.6. The molecule has 2 N–H and O–H groups in total. The maximum atomic E-state index is 14.1. The van der Waals surface area contributed by atoms with Crippen LogP contribution in [0.3, 0.4) is 0 Å². The fourth-order valence-corrected chi connectivity index (χ4v) is 7.22. The van der Waals surface area contributed by atoms with Crippen molar-refractivity contribution in [3.8, 4) is 5.75 Å². The Hall–Kier alpha value is -3.70. The predicted octanol–water partition coefficient (Wildman–Crippen LogP) is 4.32. The highest BCUT2D eigenvalue weighted by molar-refractivity contribution is 7.97. The zero-order valence-electron chi connectivity index (χ0n) is 30.5. The van der Waals surface area contributed by atoms with E-state index in [4.69, 9.17) is 35.3 Å². The van der Waals surface area contributed by atoms with Crippen LogP contribution >= 0.6 is 23.5 Å². The number of alkyl carbamates (subject to hydrolysis) is 1. The highest BCUT2D eigenvalue weighted by Crippen LogP contribution is 2.49. The van der Waals surface area contributed by atoms with Crippen LogP contribution in [0, 0.1) is 10.8 Å². The number of fused-ring (bicyclic) bond motifs is 5. The van der Waals surface area contributed by atoms with E-state index in [2.05, 4.69) is 9.90 Å². The summed E-state index contributed by atoms with van der Waals surface area (Å²) in [5.41, 5.74) is -1.02. The molecule has 17 heteroatoms. The van der Waals surface area contributed by atoms with Gasteiger partial charge in [-0.1, -0.05) is 42.3 Å². The number of epoxide rings is 1. The molecule has 52 heavy (non-hydrogen) atoms. The van der Waals surface area contributed by atoms with Crippen LogP contribution in [-0.4, -0.2) is 110 Å². The number of likely N-dealkylation sites (N-methyl/N-ethyl adjacent to an activating group) is 1. The van der Waals surface area contributed by atoms with E-state index in [1.165, 1.54) is 38.0 Å². The van der Waals surface area contributed by atoms with Gasteiger partial charge in [-0.3, -0.25) is 14.9 Å². The van der Waals surface area contributed by atoms with Gasteiger partial charge in [-0.25, -0.2) is 9.59 Å². The Morgan fingerprint density at radius 3 is 2.65 bits per heavy atom. The monoisotopic (exact) mass is 766 g/mol. The van der Waals surface area contributed by atoms with E-state index in [-0.39, 0.29) is 30.0 Å². The molecule has 8 atom stereocenters. The summed E-state index contributed by atoms with van der Waals surface area (Å²) in [6.45, 7) is 6.86. The number of nitrogens with zero attached hydrogens (tertiary/aromatic N) is 3. The Morgan fingerprint density at radius 2 is 2.00 bits per heavy atom. The number of rotatable bonds is 9. The van der Waals surface area contributed by atoms with Gasteiger partial charge < -0.3 is 38.6 Å². The molecule has 4 bridgehead atoms. The van der Waals surface area contributed by atoms with Crippen molar-refractivity contribution < 1.29 is 48.0 Å². The molecule has 1 unspecified atom stereocenters. The van der Waals surface area contributed by atoms with Crippen molar-refractivity contribution in [2.75, 3.05) is 39.0 Å². The van der Waals surface area contributed by atoms with Gasteiger partial charge >= 0.3 is 12.1 Å². The largest absolute Gasteiger partial charge is 0.495 e. The van der Waals surface area contributed by atoms with E-state index in [1.54, 1.807) is 45.2 Å². The van der Waals surface area contributed by atoms with Gasteiger partial charge in [0, 0.05) is 62.2 Å². The summed E-state index contributed by atoms with van der Waals surface area (Å²) in [5.74, 6) is -1.72. The number of aliphatic hydroxyl groups is 1. The number of carbonyl (C=O) groups is 4. The minimum Gasteiger partial charge on any atom is -0.495 e. The van der Waals surface area contributed by atoms with Crippen molar-refractivity contribution in [1.29, 1.82) is 0 Å². The Kier molecular flexibility index (Phi) is 13.4. The van der Waals surface area contributed by atoms with Crippen LogP contribution in [0.4, 0.5) is 10.5 Å². The van der Waals surface area contributed by atoms with Gasteiger partial charge in [0.15, 0.2) is 5.72 Å². The van der Waals surface area contributed by atoms with E-state index >= 15 is 0 Å². The second-order valence-corrected chi connectivity index (χ2v) is 14.8. The van der Waals surface area contributed by atoms with Crippen LogP contribution in [0.5, 0.6) is 5.75 Å². The summed E-state index contributed by atoms with van der Waals surface area (Å²) >= 11 is 7.43. The number of hydrogen-bond donors (Lipinski definition) is 2. The Morgan fingerprint density at radius 1 is 1.29 bits per heavy atom. The third-order valence-electron chi connectivity index (χ3n) is 9.98. The van der Waals surface area contributed by atoms with Crippen LogP contribution in [0.15, 0.2) is 40.5 Å². The average molecular weight is 767 g/mol. The highest BCUT2D eigenvalue weighted by Gasteiger charge is 2.64. The first kappa shape index (κ1) is 41.1. The summed E-state index contributed by atoms with van der Waals surface area (Å²) in [5, 5.41) is 14.4. The molecule has 0 aromatic heterocycles. The lowest BCUT2D eigenvalue weighted by molar-refractivity contribution is -0.162. The lowest BCUT2D eigenvalue weighted by Crippen LogP contribution is -2.63. The number of anilines is 1. The molecule has 3 aliphatic heterocycles. The van der Waals surface area contributed by atoms with Crippen molar-refractivity contribution in [1.82, 2.24) is 10.2 Å². The number of ether oxygens (including phenoxy) is 5. The lowest BCUT2D eigenvalue weighted by atomic mass is 9.83. The summed E-state index contributed by atoms with van der Waals surface area (Å²) in [7, 11) is 5.88. The summed E-state index contributed by atoms with van der Waals surface area (Å²) in [6.07, 6.45) is 0.675. The SMILES string of the molecule is COc1cc2cc(c1Cl)N(C)C(=O)C[C@@H](OC(=O)[C@H](C)N(C)C(=O)CCSN=O)[C@]1(C)OC1[C@H](C)[C@@H]1C[C@@](O)(NC(=O)O1)[C@H](OC)/C=C\C=C(/C)C2. The van der Waals surface area contributed by atoms with Crippen molar-refractivity contribution in [2.24, 2.45) is 10.5 Å². The molecule has 0 aliphatic carbocycles. The second kappa shape index (κ2) is 17.0. The minimum atomic E-state index is -1.84. The maximum Gasteiger partial charge on any atom is 0.409 e. The first-order chi connectivity index (χ1) is 24.5. The highest BCUT2D eigenvalue weighted by atomic mass is 35.5. The average Bonchev–Trinajstić information content (AvgIpc) is 3.80. The molecule has 3 aliphatic rings. The molecule has 2 fully saturated rings. The van der Waals surface area contributed by atoms with Crippen LogP contribution < -0.4 is 15.0 Å². The third kappa shape index (κ3) is 9.08. The van der Waals surface area contributed by atoms with Crippen LogP contribution in [0.25, 0.3) is 0 Å². The van der Waals surface area contributed by atoms with E-state index in [1.807, 2.05) is 13.0 Å². The number of carbonyl (C=O) groups excluding carboxylic acids is 4. The van der Waals surface area contributed by atoms with Crippen LogP contribution in [0.1, 0.15) is 52.5 Å². The molecular weight excluding hydrogens is 720 g/mol. The number of benzene rings is 1. The molecule has 0 radical (unpaired) electrons. The number of nitrogens with one attached hydrogen (secondary N) is 1. The van der Waals surface area contributed by atoms with Crippen molar-refractivity contribution in [2.45, 2.75) is 95.2 Å². The fourth-order valence-electron chi connectivity index (χ4n) is 6.56. The number of halogens is 1. The van der Waals surface area contributed by atoms with Gasteiger partial charge in [0.25, 0.3) is 0 Å². The zero-order valence-corrected chi connectivity index (χ0v) is 32.1. The van der Waals surface area contributed by atoms with E-state index in [9.17, 15) is 29.2 Å². The first-order valence-electron chi connectivity index (χ1n) is 16.8. The smallest absolute Gasteiger partial charge is 0.409 e. The Labute approximate surface area is 312 Å². The first-order valence-corrected chi connectivity index (χ1v) is 18.1. The van der Waals surface area contributed by atoms with Gasteiger partial charge in [0.1, 0.15) is 40.7 Å². The normalized spacial score (nSPS) is 31.5. The summed E-state index contributed by atoms with van der Waals surface area (Å²) in [6, 6.07) is 2.49. The Balaban J connectivity index is 1.75. The van der Waals surface area contributed by atoms with E-state index in [0.29, 0.717) is 29.8 Å². The summed E-state index contributed by atoms with van der Waals surface area (Å²) in [4.78, 5) is 66.2. The maximum absolute atomic E-state index is 14.1. The molecule has 15 nitrogen and oxygen atoms in total. The molecule has 0 saturated carbocycles. The number of hydrogen-bond acceptors (Lipinski definition) is 13. The van der Waals surface area contributed by atoms with Crippen molar-refractivity contribution in [3.63, 3.8) is 0 Å². The molecule has 1 aromatic carbocycles.